The standard InChI is InChI=1S/C16H12ClF3O2/c17-13-5-1-11(2-6-13)15(21)12-3-7-14(8-4-12)22-10-9-16(18,19)20/h1-8H,9-10H2. The molecule has 0 atom stereocenters. The van der Waals surface area contributed by atoms with Gasteiger partial charge in [0.1, 0.15) is 5.75 Å². The zero-order valence-corrected chi connectivity index (χ0v) is 12.1. The van der Waals surface area contributed by atoms with Crippen LogP contribution in [0.25, 0.3) is 0 Å². The largest absolute Gasteiger partial charge is 0.493 e. The summed E-state index contributed by atoms with van der Waals surface area (Å²) >= 11 is 5.76. The van der Waals surface area contributed by atoms with Gasteiger partial charge in [0.25, 0.3) is 0 Å². The van der Waals surface area contributed by atoms with Crippen molar-refractivity contribution in [2.24, 2.45) is 0 Å². The second-order valence-corrected chi connectivity index (χ2v) is 5.01. The summed E-state index contributed by atoms with van der Waals surface area (Å²) in [7, 11) is 0. The van der Waals surface area contributed by atoms with E-state index in [2.05, 4.69) is 0 Å². The van der Waals surface area contributed by atoms with E-state index < -0.39 is 19.2 Å². The van der Waals surface area contributed by atoms with Gasteiger partial charge in [-0.25, -0.2) is 0 Å². The molecule has 0 fully saturated rings. The summed E-state index contributed by atoms with van der Waals surface area (Å²) in [6.07, 6.45) is -5.26. The fourth-order valence-electron chi connectivity index (χ4n) is 1.76. The maximum Gasteiger partial charge on any atom is 0.392 e. The smallest absolute Gasteiger partial charge is 0.392 e. The molecule has 0 aliphatic carbocycles. The summed E-state index contributed by atoms with van der Waals surface area (Å²) in [6, 6.07) is 12.4. The SMILES string of the molecule is O=C(c1ccc(Cl)cc1)c1ccc(OCCC(F)(F)F)cc1. The first-order valence-electron chi connectivity index (χ1n) is 6.45. The first-order valence-corrected chi connectivity index (χ1v) is 6.83. The summed E-state index contributed by atoms with van der Waals surface area (Å²) in [6.45, 7) is -0.450. The van der Waals surface area contributed by atoms with Crippen LogP contribution in [0.15, 0.2) is 48.5 Å². The van der Waals surface area contributed by atoms with Gasteiger partial charge in [0.05, 0.1) is 13.0 Å². The summed E-state index contributed by atoms with van der Waals surface area (Å²) in [5.74, 6) is 0.0930. The molecule has 0 spiro atoms. The molecule has 2 aromatic carbocycles. The molecule has 0 saturated carbocycles. The number of hydrogen-bond donors (Lipinski definition) is 0. The highest BCUT2D eigenvalue weighted by atomic mass is 35.5. The molecule has 0 bridgehead atoms. The predicted octanol–water partition coefficient (Wildman–Crippen LogP) is 4.90. The van der Waals surface area contributed by atoms with Crippen molar-refractivity contribution in [3.05, 3.63) is 64.7 Å². The lowest BCUT2D eigenvalue weighted by molar-refractivity contribution is -0.139. The molecule has 22 heavy (non-hydrogen) atoms. The second kappa shape index (κ2) is 6.83. The Kier molecular flexibility index (Phi) is 5.08. The molecular weight excluding hydrogens is 317 g/mol. The molecular formula is C16H12ClF3O2. The van der Waals surface area contributed by atoms with Crippen LogP contribution >= 0.6 is 11.6 Å². The number of rotatable bonds is 5. The number of benzene rings is 2. The number of ether oxygens (including phenoxy) is 1. The molecule has 0 heterocycles. The molecule has 0 aromatic heterocycles. The van der Waals surface area contributed by atoms with Crippen molar-refractivity contribution >= 4 is 17.4 Å². The van der Waals surface area contributed by atoms with Crippen LogP contribution in [0.4, 0.5) is 13.2 Å². The fourth-order valence-corrected chi connectivity index (χ4v) is 1.88. The van der Waals surface area contributed by atoms with Gasteiger partial charge in [-0.2, -0.15) is 13.2 Å². The summed E-state index contributed by atoms with van der Waals surface area (Å²) in [5, 5.41) is 0.532. The molecule has 0 aliphatic rings. The van der Waals surface area contributed by atoms with E-state index >= 15 is 0 Å². The van der Waals surface area contributed by atoms with Crippen molar-refractivity contribution in [1.29, 1.82) is 0 Å². The van der Waals surface area contributed by atoms with Crippen LogP contribution in [0.2, 0.25) is 5.02 Å². The third kappa shape index (κ3) is 4.77. The van der Waals surface area contributed by atoms with E-state index in [9.17, 15) is 18.0 Å². The number of hydrogen-bond acceptors (Lipinski definition) is 2. The average molecular weight is 329 g/mol. The Morgan fingerprint density at radius 2 is 1.45 bits per heavy atom. The molecule has 0 unspecified atom stereocenters. The molecule has 0 amide bonds. The van der Waals surface area contributed by atoms with E-state index in [-0.39, 0.29) is 11.5 Å². The van der Waals surface area contributed by atoms with Crippen molar-refractivity contribution < 1.29 is 22.7 Å². The van der Waals surface area contributed by atoms with Crippen molar-refractivity contribution in [3.8, 4) is 5.75 Å². The molecule has 0 N–H and O–H groups in total. The van der Waals surface area contributed by atoms with Crippen LogP contribution in [-0.4, -0.2) is 18.6 Å². The molecule has 0 aliphatic heterocycles. The highest BCUT2D eigenvalue weighted by Crippen LogP contribution is 2.21. The van der Waals surface area contributed by atoms with Gasteiger partial charge in [0.2, 0.25) is 0 Å². The Morgan fingerprint density at radius 3 is 1.95 bits per heavy atom. The van der Waals surface area contributed by atoms with Crippen LogP contribution < -0.4 is 4.74 Å². The van der Waals surface area contributed by atoms with Gasteiger partial charge in [-0.05, 0) is 48.5 Å². The number of alkyl halides is 3. The maximum absolute atomic E-state index is 12.2. The fraction of sp³-hybridized carbons (Fsp3) is 0.188. The van der Waals surface area contributed by atoms with Gasteiger partial charge in [0.15, 0.2) is 5.78 Å². The number of carbonyl (C=O) groups excluding carboxylic acids is 1. The van der Waals surface area contributed by atoms with Gasteiger partial charge in [-0.3, -0.25) is 4.79 Å². The predicted molar refractivity (Wildman–Crippen MR) is 77.5 cm³/mol. The Labute approximate surface area is 130 Å². The number of halogens is 4. The van der Waals surface area contributed by atoms with Gasteiger partial charge < -0.3 is 4.74 Å². The van der Waals surface area contributed by atoms with Gasteiger partial charge in [0, 0.05) is 16.1 Å². The van der Waals surface area contributed by atoms with E-state index in [1.54, 1.807) is 24.3 Å². The number of carbonyl (C=O) groups is 1. The Hall–Kier alpha value is -2.01. The van der Waals surface area contributed by atoms with Crippen LogP contribution in [0.1, 0.15) is 22.3 Å². The Morgan fingerprint density at radius 1 is 0.955 bits per heavy atom. The minimum Gasteiger partial charge on any atom is -0.493 e. The lowest BCUT2D eigenvalue weighted by Gasteiger charge is -2.09. The molecule has 0 radical (unpaired) electrons. The zero-order chi connectivity index (χ0) is 16.2. The van der Waals surface area contributed by atoms with Crippen LogP contribution in [-0.2, 0) is 0 Å². The first kappa shape index (κ1) is 16.4. The first-order chi connectivity index (χ1) is 10.3. The van der Waals surface area contributed by atoms with E-state index in [1.807, 2.05) is 0 Å². The average Bonchev–Trinajstić information content (AvgIpc) is 2.47. The van der Waals surface area contributed by atoms with Crippen molar-refractivity contribution in [3.63, 3.8) is 0 Å². The minimum absolute atomic E-state index is 0.196. The molecule has 6 heteroatoms. The van der Waals surface area contributed by atoms with Crippen LogP contribution in [0.5, 0.6) is 5.75 Å². The van der Waals surface area contributed by atoms with Crippen LogP contribution in [0, 0.1) is 0 Å². The molecule has 2 nitrogen and oxygen atoms in total. The minimum atomic E-state index is -4.25. The van der Waals surface area contributed by atoms with Gasteiger partial charge in [-0.1, -0.05) is 11.6 Å². The topological polar surface area (TPSA) is 26.3 Å². The summed E-state index contributed by atoms with van der Waals surface area (Å²) in [5.41, 5.74) is 0.903. The third-order valence-electron chi connectivity index (χ3n) is 2.88. The Balaban J connectivity index is 1.99. The normalized spacial score (nSPS) is 11.3. The van der Waals surface area contributed by atoms with E-state index in [1.165, 1.54) is 24.3 Å². The van der Waals surface area contributed by atoms with Crippen molar-refractivity contribution in [2.75, 3.05) is 6.61 Å². The maximum atomic E-state index is 12.2. The highest BCUT2D eigenvalue weighted by molar-refractivity contribution is 6.30. The monoisotopic (exact) mass is 328 g/mol. The Bertz CT molecular complexity index is 634. The molecule has 2 aromatic rings. The quantitative estimate of drug-likeness (QED) is 0.729. The number of ketones is 1. The van der Waals surface area contributed by atoms with Crippen molar-refractivity contribution in [2.45, 2.75) is 12.6 Å². The zero-order valence-electron chi connectivity index (χ0n) is 11.4. The van der Waals surface area contributed by atoms with Gasteiger partial charge in [-0.15, -0.1) is 0 Å². The van der Waals surface area contributed by atoms with E-state index in [4.69, 9.17) is 16.3 Å². The lowest BCUT2D eigenvalue weighted by atomic mass is 10.0. The van der Waals surface area contributed by atoms with Crippen LogP contribution in [0.3, 0.4) is 0 Å². The van der Waals surface area contributed by atoms with E-state index in [0.717, 1.165) is 0 Å². The van der Waals surface area contributed by atoms with Crippen molar-refractivity contribution in [1.82, 2.24) is 0 Å². The van der Waals surface area contributed by atoms with E-state index in [0.29, 0.717) is 16.1 Å². The lowest BCUT2D eigenvalue weighted by Crippen LogP contribution is -2.13. The third-order valence-corrected chi connectivity index (χ3v) is 3.13. The second-order valence-electron chi connectivity index (χ2n) is 4.57. The molecule has 2 rings (SSSR count). The summed E-state index contributed by atoms with van der Waals surface area (Å²) in [4.78, 5) is 12.2. The summed E-state index contributed by atoms with van der Waals surface area (Å²) < 4.78 is 41.0. The molecule has 0 saturated heterocycles. The van der Waals surface area contributed by atoms with Gasteiger partial charge >= 0.3 is 6.18 Å². The highest BCUT2D eigenvalue weighted by Gasteiger charge is 2.26. The molecule has 116 valence electrons.